The molecule has 0 radical (unpaired) electrons. The standard InChI is InChI=1S/C32H31ClN4O2.C28H29ClN2O2/c33-24-8-5-7-22(19-24)20-30(23-13-17-37(18-14-23)31-34-15-6-16-35-31)36-32(38)39-21-29-27-11-3-1-9-25(27)26-10-2-4-12-28(26)29;29-21-7-5-6-19(16-21)17-27(20-12-14-30-15-13-20)31-28(32)33-18-26-24-10-3-1-8-22(24)23-9-2-4-11-25(23)26/h1-12,15-16,19,23,29-30H,13-14,17-18,20-21H2,(H,36,38);1-11,16,20,26-27,30H,12-15,17-18H2,(H,31,32). The second kappa shape index (κ2) is 23.2. The fourth-order valence-corrected chi connectivity index (χ4v) is 11.7. The predicted molar refractivity (Wildman–Crippen MR) is 287 cm³/mol. The summed E-state index contributed by atoms with van der Waals surface area (Å²) in [6, 6.07) is 51.1. The third-order valence-electron chi connectivity index (χ3n) is 14.9. The van der Waals surface area contributed by atoms with E-state index in [9.17, 15) is 9.59 Å². The van der Waals surface area contributed by atoms with E-state index in [2.05, 4.69) is 128 Å². The number of anilines is 1. The molecule has 1 aromatic heterocycles. The average Bonchev–Trinajstić information content (AvgIpc) is 3.92. The number of piperidine rings is 2. The van der Waals surface area contributed by atoms with Gasteiger partial charge in [0.1, 0.15) is 13.2 Å². The number of amides is 2. The van der Waals surface area contributed by atoms with Crippen molar-refractivity contribution in [1.82, 2.24) is 25.9 Å². The van der Waals surface area contributed by atoms with Gasteiger partial charge in [0, 0.05) is 59.4 Å². The number of rotatable bonds is 13. The number of aromatic nitrogens is 2. The molecule has 0 bridgehead atoms. The SMILES string of the molecule is O=C(NC(Cc1cccc(Cl)c1)C1CCN(c2ncccn2)CC1)OCC1c2ccccc2-c2ccccc21.O=C(NC(Cc1cccc(Cl)c1)C1CCNCC1)OCC1c2ccccc2-c2ccccc21. The summed E-state index contributed by atoms with van der Waals surface area (Å²) < 4.78 is 11.7. The molecule has 2 atom stereocenters. The van der Waals surface area contributed by atoms with Gasteiger partial charge in [-0.3, -0.25) is 0 Å². The Balaban J connectivity index is 0.000000168. The molecule has 2 aliphatic carbocycles. The van der Waals surface area contributed by atoms with Crippen LogP contribution in [0.15, 0.2) is 164 Å². The topological polar surface area (TPSA) is 118 Å². The molecule has 368 valence electrons. The summed E-state index contributed by atoms with van der Waals surface area (Å²) in [5.41, 5.74) is 12.0. The molecule has 2 saturated heterocycles. The van der Waals surface area contributed by atoms with Crippen molar-refractivity contribution in [2.45, 2.75) is 62.4 Å². The Hall–Kier alpha value is -6.72. The number of halogens is 2. The van der Waals surface area contributed by atoms with Crippen molar-refractivity contribution < 1.29 is 19.1 Å². The summed E-state index contributed by atoms with van der Waals surface area (Å²) in [5, 5.41) is 11.3. The van der Waals surface area contributed by atoms with Gasteiger partial charge in [0.2, 0.25) is 5.95 Å². The van der Waals surface area contributed by atoms with Crippen LogP contribution in [0.1, 0.15) is 70.9 Å². The number of hydrogen-bond acceptors (Lipinski definition) is 8. The zero-order valence-electron chi connectivity index (χ0n) is 40.3. The van der Waals surface area contributed by atoms with E-state index in [0.29, 0.717) is 36.5 Å². The highest BCUT2D eigenvalue weighted by Gasteiger charge is 2.33. The monoisotopic (exact) mass is 998 g/mol. The van der Waals surface area contributed by atoms with Crippen LogP contribution in [-0.4, -0.2) is 73.6 Å². The fraction of sp³-hybridized carbons (Fsp3) is 0.300. The van der Waals surface area contributed by atoms with Crippen molar-refractivity contribution in [2.75, 3.05) is 44.3 Å². The lowest BCUT2D eigenvalue weighted by Gasteiger charge is -2.36. The van der Waals surface area contributed by atoms with Crippen LogP contribution in [0.3, 0.4) is 0 Å². The molecule has 2 amide bonds. The van der Waals surface area contributed by atoms with Crippen LogP contribution in [0.5, 0.6) is 0 Å². The fourth-order valence-electron chi connectivity index (χ4n) is 11.3. The van der Waals surface area contributed by atoms with Gasteiger partial charge in [0.15, 0.2) is 0 Å². The molecule has 72 heavy (non-hydrogen) atoms. The van der Waals surface area contributed by atoms with Gasteiger partial charge >= 0.3 is 12.2 Å². The molecule has 3 N–H and O–H groups in total. The van der Waals surface area contributed by atoms with E-state index >= 15 is 0 Å². The predicted octanol–water partition coefficient (Wildman–Crippen LogP) is 12.3. The summed E-state index contributed by atoms with van der Waals surface area (Å²) in [6.07, 6.45) is 8.18. The van der Waals surface area contributed by atoms with E-state index in [4.69, 9.17) is 32.7 Å². The minimum atomic E-state index is -0.377. The second-order valence-electron chi connectivity index (χ2n) is 19.3. The molecule has 2 fully saturated rings. The highest BCUT2D eigenvalue weighted by Crippen LogP contribution is 2.46. The van der Waals surface area contributed by atoms with Crippen LogP contribution in [0.4, 0.5) is 15.5 Å². The number of nitrogens with zero attached hydrogens (tertiary/aromatic N) is 3. The third-order valence-corrected chi connectivity index (χ3v) is 15.3. The third kappa shape index (κ3) is 11.6. The summed E-state index contributed by atoms with van der Waals surface area (Å²) in [5.74, 6) is 1.55. The molecular weight excluding hydrogens is 940 g/mol. The van der Waals surface area contributed by atoms with Gasteiger partial charge in [-0.25, -0.2) is 19.6 Å². The molecule has 6 aromatic carbocycles. The van der Waals surface area contributed by atoms with E-state index in [0.717, 1.165) is 80.4 Å². The van der Waals surface area contributed by atoms with Crippen molar-refractivity contribution in [3.05, 3.63) is 207 Å². The molecule has 2 aliphatic heterocycles. The highest BCUT2D eigenvalue weighted by atomic mass is 35.5. The molecule has 10 nitrogen and oxygen atoms in total. The molecular formula is C60H60Cl2N6O4. The Morgan fingerprint density at radius 3 is 1.36 bits per heavy atom. The van der Waals surface area contributed by atoms with E-state index in [1.165, 1.54) is 44.5 Å². The zero-order chi connectivity index (χ0) is 49.2. The molecule has 7 aromatic rings. The van der Waals surface area contributed by atoms with Gasteiger partial charge in [-0.1, -0.05) is 145 Å². The molecule has 4 aliphatic rings. The lowest BCUT2D eigenvalue weighted by Crippen LogP contribution is -2.47. The Kier molecular flexibility index (Phi) is 15.8. The van der Waals surface area contributed by atoms with Crippen molar-refractivity contribution in [1.29, 1.82) is 0 Å². The van der Waals surface area contributed by atoms with Crippen LogP contribution >= 0.6 is 23.2 Å². The Bertz CT molecular complexity index is 2870. The molecule has 3 heterocycles. The molecule has 0 saturated carbocycles. The maximum atomic E-state index is 13.2. The van der Waals surface area contributed by atoms with Gasteiger partial charge in [0.05, 0.1) is 0 Å². The number of fused-ring (bicyclic) bond motifs is 6. The summed E-state index contributed by atoms with van der Waals surface area (Å²) in [7, 11) is 0. The van der Waals surface area contributed by atoms with Crippen molar-refractivity contribution >= 4 is 41.3 Å². The number of hydrogen-bond donors (Lipinski definition) is 3. The normalized spacial score (nSPS) is 16.2. The first-order valence-corrected chi connectivity index (χ1v) is 26.0. The first-order chi connectivity index (χ1) is 35.3. The average molecular weight is 1000 g/mol. The van der Waals surface area contributed by atoms with Gasteiger partial charge in [-0.2, -0.15) is 0 Å². The van der Waals surface area contributed by atoms with Crippen LogP contribution in [-0.2, 0) is 22.3 Å². The lowest BCUT2D eigenvalue weighted by molar-refractivity contribution is 0.131. The van der Waals surface area contributed by atoms with Gasteiger partial charge < -0.3 is 30.3 Å². The minimum absolute atomic E-state index is 0.0150. The first-order valence-electron chi connectivity index (χ1n) is 25.3. The Morgan fingerprint density at radius 2 is 0.944 bits per heavy atom. The molecule has 11 rings (SSSR count). The second-order valence-corrected chi connectivity index (χ2v) is 20.2. The van der Waals surface area contributed by atoms with Crippen LogP contribution < -0.4 is 20.9 Å². The van der Waals surface area contributed by atoms with E-state index in [1.54, 1.807) is 12.4 Å². The van der Waals surface area contributed by atoms with Crippen molar-refractivity contribution in [2.24, 2.45) is 11.8 Å². The van der Waals surface area contributed by atoms with Crippen molar-refractivity contribution in [3.8, 4) is 22.3 Å². The number of carbonyl (C=O) groups is 2. The number of carbonyl (C=O) groups excluding carboxylic acids is 2. The van der Waals surface area contributed by atoms with E-state index in [-0.39, 0.29) is 36.1 Å². The van der Waals surface area contributed by atoms with Crippen LogP contribution in [0.2, 0.25) is 10.0 Å². The molecule has 12 heteroatoms. The Labute approximate surface area is 432 Å². The van der Waals surface area contributed by atoms with Gasteiger partial charge in [-0.15, -0.1) is 0 Å². The van der Waals surface area contributed by atoms with E-state index in [1.807, 2.05) is 54.6 Å². The maximum Gasteiger partial charge on any atom is 0.407 e. The maximum absolute atomic E-state index is 13.2. The highest BCUT2D eigenvalue weighted by molar-refractivity contribution is 6.30. The van der Waals surface area contributed by atoms with Gasteiger partial charge in [-0.05, 0) is 149 Å². The van der Waals surface area contributed by atoms with Crippen LogP contribution in [0, 0.1) is 11.8 Å². The number of alkyl carbamates (subject to hydrolysis) is 2. The quantitative estimate of drug-likeness (QED) is 0.105. The summed E-state index contributed by atoms with van der Waals surface area (Å²) in [4.78, 5) is 37.2. The minimum Gasteiger partial charge on any atom is -0.449 e. The first kappa shape index (κ1) is 48.9. The summed E-state index contributed by atoms with van der Waals surface area (Å²) >= 11 is 12.5. The smallest absolute Gasteiger partial charge is 0.407 e. The number of ether oxygens (including phenoxy) is 2. The number of benzene rings is 6. The van der Waals surface area contributed by atoms with Crippen LogP contribution in [0.25, 0.3) is 22.3 Å². The largest absolute Gasteiger partial charge is 0.449 e. The summed E-state index contributed by atoms with van der Waals surface area (Å²) in [6.45, 7) is 4.26. The molecule has 0 spiro atoms. The zero-order valence-corrected chi connectivity index (χ0v) is 41.8. The van der Waals surface area contributed by atoms with Gasteiger partial charge in [0.25, 0.3) is 0 Å². The lowest BCUT2D eigenvalue weighted by atomic mass is 9.86. The number of nitrogens with one attached hydrogen (secondary N) is 3. The van der Waals surface area contributed by atoms with Crippen molar-refractivity contribution in [3.63, 3.8) is 0 Å². The molecule has 2 unspecified atom stereocenters. The van der Waals surface area contributed by atoms with E-state index < -0.39 is 0 Å². The Morgan fingerprint density at radius 1 is 0.542 bits per heavy atom.